The average molecular weight is 335 g/mol. The van der Waals surface area contributed by atoms with E-state index < -0.39 is 0 Å². The van der Waals surface area contributed by atoms with Crippen molar-refractivity contribution in [3.8, 4) is 5.69 Å². The highest BCUT2D eigenvalue weighted by Gasteiger charge is 2.26. The molecule has 3 heterocycles. The minimum Gasteiger partial charge on any atom is -0.298 e. The molecule has 1 fully saturated rings. The molecule has 0 radical (unpaired) electrons. The number of para-hydroxylation sites is 1. The molecular formula is C19H21N5O. The van der Waals surface area contributed by atoms with E-state index in [4.69, 9.17) is 0 Å². The monoisotopic (exact) mass is 335 g/mol. The van der Waals surface area contributed by atoms with Gasteiger partial charge in [-0.25, -0.2) is 14.5 Å². The van der Waals surface area contributed by atoms with Crippen LogP contribution >= 0.6 is 0 Å². The van der Waals surface area contributed by atoms with E-state index in [0.29, 0.717) is 0 Å². The van der Waals surface area contributed by atoms with Crippen LogP contribution < -0.4 is 5.69 Å². The number of H-pyrrole nitrogens is 1. The predicted octanol–water partition coefficient (Wildman–Crippen LogP) is 2.34. The number of hydrogen-bond acceptors (Lipinski definition) is 4. The second-order valence-corrected chi connectivity index (χ2v) is 6.49. The van der Waals surface area contributed by atoms with E-state index in [2.05, 4.69) is 32.2 Å². The summed E-state index contributed by atoms with van der Waals surface area (Å²) in [5.74, 6) is 1.07. The van der Waals surface area contributed by atoms with Gasteiger partial charge in [-0.05, 0) is 49.2 Å². The molecule has 25 heavy (non-hydrogen) atoms. The largest absolute Gasteiger partial charge is 0.347 e. The van der Waals surface area contributed by atoms with Crippen LogP contribution in [0.15, 0.2) is 59.7 Å². The van der Waals surface area contributed by atoms with Crippen LogP contribution in [0, 0.1) is 0 Å². The molecular weight excluding hydrogens is 314 g/mol. The van der Waals surface area contributed by atoms with Crippen molar-refractivity contribution in [2.45, 2.75) is 25.3 Å². The van der Waals surface area contributed by atoms with Gasteiger partial charge in [-0.2, -0.15) is 5.10 Å². The lowest BCUT2D eigenvalue weighted by Crippen LogP contribution is -2.35. The minimum absolute atomic E-state index is 0.174. The van der Waals surface area contributed by atoms with Crippen LogP contribution in [-0.4, -0.2) is 37.7 Å². The van der Waals surface area contributed by atoms with Crippen molar-refractivity contribution in [3.63, 3.8) is 0 Å². The summed E-state index contributed by atoms with van der Waals surface area (Å²) in [5.41, 5.74) is 1.95. The van der Waals surface area contributed by atoms with Crippen LogP contribution in [0.5, 0.6) is 0 Å². The molecule has 0 unspecified atom stereocenters. The fraction of sp³-hybridized carbons (Fsp3) is 0.316. The van der Waals surface area contributed by atoms with Crippen LogP contribution in [0.4, 0.5) is 0 Å². The molecule has 0 saturated carbocycles. The first-order valence-corrected chi connectivity index (χ1v) is 8.65. The van der Waals surface area contributed by atoms with Gasteiger partial charge < -0.3 is 0 Å². The Hall–Kier alpha value is -2.73. The number of pyridine rings is 1. The lowest BCUT2D eigenvalue weighted by Gasteiger charge is -2.32. The number of benzene rings is 1. The Labute approximate surface area is 146 Å². The maximum absolute atomic E-state index is 12.3. The first-order valence-electron chi connectivity index (χ1n) is 8.65. The van der Waals surface area contributed by atoms with Crippen LogP contribution in [-0.2, 0) is 6.54 Å². The quantitative estimate of drug-likeness (QED) is 0.795. The van der Waals surface area contributed by atoms with E-state index in [1.807, 2.05) is 42.7 Å². The van der Waals surface area contributed by atoms with Crippen molar-refractivity contribution in [1.82, 2.24) is 24.6 Å². The van der Waals surface area contributed by atoms with Gasteiger partial charge in [0.25, 0.3) is 0 Å². The van der Waals surface area contributed by atoms with Crippen molar-refractivity contribution < 1.29 is 0 Å². The SMILES string of the molecule is O=c1[nH]nc([C@H]2CCCN(Cc3ccncc3)C2)n1-c1ccccc1. The standard InChI is InChI=1S/C19H21N5O/c25-19-22-21-18(24(19)17-6-2-1-3-7-17)16-5-4-12-23(14-16)13-15-8-10-20-11-9-15/h1-3,6-11,16H,4-5,12-14H2,(H,22,25)/t16-/m0/s1. The van der Waals surface area contributed by atoms with Gasteiger partial charge in [0.2, 0.25) is 0 Å². The lowest BCUT2D eigenvalue weighted by molar-refractivity contribution is 0.195. The molecule has 4 rings (SSSR count). The van der Waals surface area contributed by atoms with Gasteiger partial charge in [0.1, 0.15) is 5.82 Å². The van der Waals surface area contributed by atoms with Gasteiger partial charge in [-0.15, -0.1) is 0 Å². The summed E-state index contributed by atoms with van der Waals surface area (Å²) in [7, 11) is 0. The molecule has 6 heteroatoms. The molecule has 2 aromatic heterocycles. The molecule has 0 amide bonds. The Kier molecular flexibility index (Phi) is 4.43. The molecule has 0 bridgehead atoms. The zero-order valence-corrected chi connectivity index (χ0v) is 14.0. The van der Waals surface area contributed by atoms with E-state index in [-0.39, 0.29) is 11.6 Å². The number of aromatic nitrogens is 4. The van der Waals surface area contributed by atoms with Crippen molar-refractivity contribution in [2.24, 2.45) is 0 Å². The van der Waals surface area contributed by atoms with Gasteiger partial charge in [0, 0.05) is 31.4 Å². The van der Waals surface area contributed by atoms with Gasteiger partial charge in [0.15, 0.2) is 0 Å². The van der Waals surface area contributed by atoms with Crippen molar-refractivity contribution >= 4 is 0 Å². The Morgan fingerprint density at radius 2 is 1.92 bits per heavy atom. The molecule has 0 spiro atoms. The summed E-state index contributed by atoms with van der Waals surface area (Å²) >= 11 is 0. The lowest BCUT2D eigenvalue weighted by atomic mass is 9.96. The highest BCUT2D eigenvalue weighted by molar-refractivity contribution is 5.32. The van der Waals surface area contributed by atoms with Crippen LogP contribution in [0.2, 0.25) is 0 Å². The molecule has 3 aromatic rings. The first kappa shape index (κ1) is 15.8. The number of likely N-dealkylation sites (tertiary alicyclic amines) is 1. The number of nitrogens with zero attached hydrogens (tertiary/aromatic N) is 4. The predicted molar refractivity (Wildman–Crippen MR) is 95.7 cm³/mol. The van der Waals surface area contributed by atoms with E-state index in [9.17, 15) is 4.79 Å². The first-order chi connectivity index (χ1) is 12.3. The van der Waals surface area contributed by atoms with Crippen LogP contribution in [0.3, 0.4) is 0 Å². The zero-order valence-electron chi connectivity index (χ0n) is 14.0. The minimum atomic E-state index is -0.174. The fourth-order valence-corrected chi connectivity index (χ4v) is 3.57. The molecule has 6 nitrogen and oxygen atoms in total. The molecule has 1 atom stereocenters. The molecule has 1 aliphatic rings. The molecule has 1 aromatic carbocycles. The second-order valence-electron chi connectivity index (χ2n) is 6.49. The third-order valence-electron chi connectivity index (χ3n) is 4.74. The van der Waals surface area contributed by atoms with E-state index in [1.165, 1.54) is 5.56 Å². The summed E-state index contributed by atoms with van der Waals surface area (Å²) in [4.78, 5) is 18.8. The summed E-state index contributed by atoms with van der Waals surface area (Å²) in [6.07, 6.45) is 5.81. The Balaban J connectivity index is 1.57. The molecule has 1 aliphatic heterocycles. The highest BCUT2D eigenvalue weighted by atomic mass is 16.1. The fourth-order valence-electron chi connectivity index (χ4n) is 3.57. The maximum Gasteiger partial charge on any atom is 0.347 e. The van der Waals surface area contributed by atoms with Crippen molar-refractivity contribution in [1.29, 1.82) is 0 Å². The molecule has 1 saturated heterocycles. The topological polar surface area (TPSA) is 66.8 Å². The van der Waals surface area contributed by atoms with Gasteiger partial charge in [-0.3, -0.25) is 9.88 Å². The van der Waals surface area contributed by atoms with E-state index in [1.54, 1.807) is 4.57 Å². The number of aromatic amines is 1. The smallest absolute Gasteiger partial charge is 0.298 e. The Bertz CT molecular complexity index is 872. The number of rotatable bonds is 4. The second kappa shape index (κ2) is 7.03. The average Bonchev–Trinajstić information content (AvgIpc) is 3.05. The molecule has 128 valence electrons. The summed E-state index contributed by atoms with van der Waals surface area (Å²) < 4.78 is 1.71. The van der Waals surface area contributed by atoms with Crippen molar-refractivity contribution in [3.05, 3.63) is 76.7 Å². The van der Waals surface area contributed by atoms with Crippen LogP contribution in [0.25, 0.3) is 5.69 Å². The third-order valence-corrected chi connectivity index (χ3v) is 4.74. The normalized spacial score (nSPS) is 18.3. The van der Waals surface area contributed by atoms with Gasteiger partial charge in [0.05, 0.1) is 5.69 Å². The number of piperidine rings is 1. The van der Waals surface area contributed by atoms with E-state index in [0.717, 1.165) is 44.0 Å². The Morgan fingerprint density at radius 3 is 2.72 bits per heavy atom. The summed E-state index contributed by atoms with van der Waals surface area (Å²) in [5, 5.41) is 6.97. The number of nitrogens with one attached hydrogen (secondary N) is 1. The summed E-state index contributed by atoms with van der Waals surface area (Å²) in [6.45, 7) is 2.87. The molecule has 0 aliphatic carbocycles. The Morgan fingerprint density at radius 1 is 1.12 bits per heavy atom. The number of hydrogen-bond donors (Lipinski definition) is 1. The van der Waals surface area contributed by atoms with Gasteiger partial charge >= 0.3 is 5.69 Å². The summed E-state index contributed by atoms with van der Waals surface area (Å²) in [6, 6.07) is 13.8. The zero-order chi connectivity index (χ0) is 17.1. The van der Waals surface area contributed by atoms with E-state index >= 15 is 0 Å². The van der Waals surface area contributed by atoms with Gasteiger partial charge in [-0.1, -0.05) is 18.2 Å². The highest BCUT2D eigenvalue weighted by Crippen LogP contribution is 2.27. The molecule has 1 N–H and O–H groups in total. The third kappa shape index (κ3) is 3.39. The van der Waals surface area contributed by atoms with Crippen molar-refractivity contribution in [2.75, 3.05) is 13.1 Å². The maximum atomic E-state index is 12.3. The van der Waals surface area contributed by atoms with Crippen LogP contribution in [0.1, 0.15) is 30.1 Å².